The number of ether oxygens (including phenoxy) is 1. The third-order valence-electron chi connectivity index (χ3n) is 4.12. The van der Waals surface area contributed by atoms with E-state index in [0.717, 1.165) is 28.4 Å². The van der Waals surface area contributed by atoms with Crippen molar-refractivity contribution in [1.29, 1.82) is 0 Å². The summed E-state index contributed by atoms with van der Waals surface area (Å²) in [6.07, 6.45) is 2.04. The van der Waals surface area contributed by atoms with Crippen LogP contribution in [0.4, 0.5) is 5.69 Å². The highest BCUT2D eigenvalue weighted by atomic mass is 16.5. The number of nitrogens with one attached hydrogen (secondary N) is 1. The molecule has 2 aromatic carbocycles. The molecule has 0 aliphatic carbocycles. The first-order valence-electron chi connectivity index (χ1n) is 8.64. The van der Waals surface area contributed by atoms with Crippen LogP contribution in [0.25, 0.3) is 5.69 Å². The summed E-state index contributed by atoms with van der Waals surface area (Å²) in [5.74, 6) is 0.739. The number of nitrogens with zero attached hydrogens (tertiary/aromatic N) is 2. The summed E-state index contributed by atoms with van der Waals surface area (Å²) >= 11 is 0. The van der Waals surface area contributed by atoms with E-state index in [1.54, 1.807) is 6.20 Å². The van der Waals surface area contributed by atoms with Crippen LogP contribution in [0.5, 0.6) is 5.75 Å². The maximum Gasteiger partial charge on any atom is 0.227 e. The lowest BCUT2D eigenvalue weighted by Crippen LogP contribution is -2.15. The predicted molar refractivity (Wildman–Crippen MR) is 103 cm³/mol. The number of benzene rings is 2. The van der Waals surface area contributed by atoms with Gasteiger partial charge in [-0.25, -0.2) is 4.68 Å². The zero-order valence-electron chi connectivity index (χ0n) is 15.3. The van der Waals surface area contributed by atoms with Gasteiger partial charge in [0.1, 0.15) is 5.75 Å². The van der Waals surface area contributed by atoms with Crippen LogP contribution < -0.4 is 10.1 Å². The molecule has 1 amide bonds. The molecule has 0 radical (unpaired) electrons. The molecule has 0 aliphatic rings. The monoisotopic (exact) mass is 349 g/mol. The quantitative estimate of drug-likeness (QED) is 0.725. The second-order valence-corrected chi connectivity index (χ2v) is 6.35. The molecule has 0 fully saturated rings. The number of aromatic nitrogens is 2. The fraction of sp³-hybridized carbons (Fsp3) is 0.238. The molecule has 0 bridgehead atoms. The maximum absolute atomic E-state index is 12.2. The molecule has 0 unspecified atom stereocenters. The lowest BCUT2D eigenvalue weighted by atomic mass is 10.1. The molecule has 0 spiro atoms. The second kappa shape index (κ2) is 7.87. The van der Waals surface area contributed by atoms with Crippen molar-refractivity contribution in [2.45, 2.75) is 27.2 Å². The van der Waals surface area contributed by atoms with Crippen LogP contribution in [-0.4, -0.2) is 22.3 Å². The minimum atomic E-state index is -0.0795. The Bertz CT molecular complexity index is 915. The molecule has 5 heteroatoms. The molecular weight excluding hydrogens is 326 g/mol. The number of hydrogen-bond donors (Lipinski definition) is 1. The number of amides is 1. The number of anilines is 1. The van der Waals surface area contributed by atoms with E-state index < -0.39 is 0 Å². The molecule has 3 aromatic rings. The van der Waals surface area contributed by atoms with Gasteiger partial charge in [0.05, 0.1) is 18.7 Å². The van der Waals surface area contributed by atoms with Gasteiger partial charge in [-0.3, -0.25) is 4.79 Å². The normalized spacial score (nSPS) is 10.6. The number of aryl methyl sites for hydroxylation is 3. The van der Waals surface area contributed by atoms with Gasteiger partial charge >= 0.3 is 0 Å². The van der Waals surface area contributed by atoms with E-state index in [-0.39, 0.29) is 5.91 Å². The minimum absolute atomic E-state index is 0.0795. The summed E-state index contributed by atoms with van der Waals surface area (Å²) in [5, 5.41) is 7.20. The Morgan fingerprint density at radius 3 is 2.69 bits per heavy atom. The van der Waals surface area contributed by atoms with Gasteiger partial charge in [0.15, 0.2) is 0 Å². The fourth-order valence-corrected chi connectivity index (χ4v) is 2.79. The van der Waals surface area contributed by atoms with Gasteiger partial charge in [0.25, 0.3) is 0 Å². The molecule has 0 atom stereocenters. The minimum Gasteiger partial charge on any atom is -0.493 e. The van der Waals surface area contributed by atoms with Crippen LogP contribution in [0.15, 0.2) is 54.7 Å². The Hall–Kier alpha value is -3.08. The smallest absolute Gasteiger partial charge is 0.227 e. The predicted octanol–water partition coefficient (Wildman–Crippen LogP) is 4.21. The summed E-state index contributed by atoms with van der Waals surface area (Å²) in [5.41, 5.74) is 4.97. The SMILES string of the molecule is Cc1ccc(OCCC(=O)Nc2cccc(-n3nccc3C)c2)c(C)c1. The average molecular weight is 349 g/mol. The first-order valence-corrected chi connectivity index (χ1v) is 8.64. The highest BCUT2D eigenvalue weighted by molar-refractivity contribution is 5.91. The van der Waals surface area contributed by atoms with Gasteiger partial charge in [-0.05, 0) is 56.7 Å². The van der Waals surface area contributed by atoms with Crippen LogP contribution >= 0.6 is 0 Å². The van der Waals surface area contributed by atoms with Gasteiger partial charge in [-0.15, -0.1) is 0 Å². The van der Waals surface area contributed by atoms with E-state index in [4.69, 9.17) is 4.74 Å². The lowest BCUT2D eigenvalue weighted by Gasteiger charge is -2.11. The van der Waals surface area contributed by atoms with Crippen LogP contribution in [0, 0.1) is 20.8 Å². The lowest BCUT2D eigenvalue weighted by molar-refractivity contribution is -0.116. The Kier molecular flexibility index (Phi) is 5.37. The summed E-state index contributed by atoms with van der Waals surface area (Å²) in [7, 11) is 0. The standard InChI is InChI=1S/C21H23N3O2/c1-15-7-8-20(16(2)13-15)26-12-10-21(25)23-18-5-4-6-19(14-18)24-17(3)9-11-22-24/h4-9,11,13-14H,10,12H2,1-3H3,(H,23,25). The van der Waals surface area contributed by atoms with E-state index in [2.05, 4.69) is 16.5 Å². The van der Waals surface area contributed by atoms with Crippen molar-refractivity contribution in [1.82, 2.24) is 9.78 Å². The largest absolute Gasteiger partial charge is 0.493 e. The molecule has 0 saturated carbocycles. The van der Waals surface area contributed by atoms with Crippen molar-refractivity contribution in [3.63, 3.8) is 0 Å². The van der Waals surface area contributed by atoms with Gasteiger partial charge in [0, 0.05) is 17.6 Å². The summed E-state index contributed by atoms with van der Waals surface area (Å²) in [6.45, 7) is 6.38. The third kappa shape index (κ3) is 4.30. The van der Waals surface area contributed by atoms with Crippen molar-refractivity contribution < 1.29 is 9.53 Å². The van der Waals surface area contributed by atoms with Gasteiger partial charge in [-0.2, -0.15) is 5.10 Å². The van der Waals surface area contributed by atoms with Crippen LogP contribution in [-0.2, 0) is 4.79 Å². The molecule has 1 N–H and O–H groups in total. The molecule has 134 valence electrons. The summed E-state index contributed by atoms with van der Waals surface area (Å²) in [6, 6.07) is 15.6. The van der Waals surface area contributed by atoms with Crippen molar-refractivity contribution in [3.8, 4) is 11.4 Å². The van der Waals surface area contributed by atoms with Crippen molar-refractivity contribution in [3.05, 3.63) is 71.5 Å². The first-order chi connectivity index (χ1) is 12.5. The highest BCUT2D eigenvalue weighted by Gasteiger charge is 2.07. The Balaban J connectivity index is 1.56. The van der Waals surface area contributed by atoms with E-state index >= 15 is 0 Å². The van der Waals surface area contributed by atoms with Crippen molar-refractivity contribution in [2.24, 2.45) is 0 Å². The zero-order chi connectivity index (χ0) is 18.5. The van der Waals surface area contributed by atoms with E-state index in [1.165, 1.54) is 5.56 Å². The third-order valence-corrected chi connectivity index (χ3v) is 4.12. The molecule has 0 saturated heterocycles. The fourth-order valence-electron chi connectivity index (χ4n) is 2.79. The van der Waals surface area contributed by atoms with Crippen LogP contribution in [0.3, 0.4) is 0 Å². The topological polar surface area (TPSA) is 56.1 Å². The maximum atomic E-state index is 12.2. The summed E-state index contributed by atoms with van der Waals surface area (Å²) in [4.78, 5) is 12.2. The molecular formula is C21H23N3O2. The van der Waals surface area contributed by atoms with Crippen molar-refractivity contribution >= 4 is 11.6 Å². The van der Waals surface area contributed by atoms with Gasteiger partial charge in [-0.1, -0.05) is 23.8 Å². The molecule has 3 rings (SSSR count). The second-order valence-electron chi connectivity index (χ2n) is 6.35. The molecule has 1 heterocycles. The van der Waals surface area contributed by atoms with E-state index in [1.807, 2.05) is 67.9 Å². The molecule has 26 heavy (non-hydrogen) atoms. The number of carbonyl (C=O) groups is 1. The molecule has 0 aliphatic heterocycles. The average Bonchev–Trinajstić information content (AvgIpc) is 3.03. The Labute approximate surface area is 153 Å². The van der Waals surface area contributed by atoms with Crippen LogP contribution in [0.2, 0.25) is 0 Å². The number of rotatable bonds is 6. The number of carbonyl (C=O) groups excluding carboxylic acids is 1. The van der Waals surface area contributed by atoms with E-state index in [0.29, 0.717) is 13.0 Å². The molecule has 5 nitrogen and oxygen atoms in total. The van der Waals surface area contributed by atoms with Gasteiger partial charge in [0.2, 0.25) is 5.91 Å². The Morgan fingerprint density at radius 1 is 1.12 bits per heavy atom. The summed E-state index contributed by atoms with van der Waals surface area (Å²) < 4.78 is 7.56. The zero-order valence-corrected chi connectivity index (χ0v) is 15.3. The Morgan fingerprint density at radius 2 is 1.96 bits per heavy atom. The van der Waals surface area contributed by atoms with Crippen molar-refractivity contribution in [2.75, 3.05) is 11.9 Å². The van der Waals surface area contributed by atoms with E-state index in [9.17, 15) is 4.79 Å². The highest BCUT2D eigenvalue weighted by Crippen LogP contribution is 2.19. The molecule has 1 aromatic heterocycles. The van der Waals surface area contributed by atoms with Crippen LogP contribution in [0.1, 0.15) is 23.2 Å². The number of hydrogen-bond acceptors (Lipinski definition) is 3. The van der Waals surface area contributed by atoms with Gasteiger partial charge < -0.3 is 10.1 Å². The first kappa shape index (κ1) is 17.7.